The normalized spacial score (nSPS) is 16.6. The molecule has 1 atom stereocenters. The molecule has 0 aliphatic carbocycles. The van der Waals surface area contributed by atoms with Gasteiger partial charge >= 0.3 is 0 Å². The van der Waals surface area contributed by atoms with Crippen molar-refractivity contribution in [3.8, 4) is 0 Å². The largest absolute Gasteiger partial charge is 0.357 e. The smallest absolute Gasteiger partial charge is 0.238 e. The Labute approximate surface area is 142 Å². The summed E-state index contributed by atoms with van der Waals surface area (Å²) in [5.41, 5.74) is 2.31. The van der Waals surface area contributed by atoms with Crippen molar-refractivity contribution in [2.75, 3.05) is 10.6 Å². The third-order valence-corrected chi connectivity index (χ3v) is 5.42. The minimum atomic E-state index is -3.68. The van der Waals surface area contributed by atoms with Crippen molar-refractivity contribution < 1.29 is 8.42 Å². The number of thioether (sulfide) groups is 1. The minimum Gasteiger partial charge on any atom is -0.357 e. The molecular formula is C15H13N5O2S2. The summed E-state index contributed by atoms with van der Waals surface area (Å²) in [6.45, 7) is 0. The van der Waals surface area contributed by atoms with Gasteiger partial charge < -0.3 is 10.6 Å². The molecule has 0 amide bonds. The Morgan fingerprint density at radius 3 is 2.38 bits per heavy atom. The Balaban J connectivity index is 1.53. The molecule has 7 nitrogen and oxygen atoms in total. The summed E-state index contributed by atoms with van der Waals surface area (Å²) in [5.74, 6) is 0.734. The van der Waals surface area contributed by atoms with Crippen LogP contribution in [0.15, 0.2) is 58.5 Å². The number of benzene rings is 2. The SMILES string of the molecule is NS(=O)(=O)c1ccc(NC2Nc3nc4ccccc4nc3S2)cc1. The first-order chi connectivity index (χ1) is 11.5. The fraction of sp³-hybridized carbons (Fsp3) is 0.0667. The highest BCUT2D eigenvalue weighted by molar-refractivity contribution is 8.00. The molecule has 1 aliphatic rings. The summed E-state index contributed by atoms with van der Waals surface area (Å²) in [7, 11) is -3.68. The first-order valence-corrected chi connectivity index (χ1v) is 9.51. The van der Waals surface area contributed by atoms with Gasteiger partial charge in [0.05, 0.1) is 15.9 Å². The van der Waals surface area contributed by atoms with Crippen molar-refractivity contribution in [1.82, 2.24) is 9.97 Å². The maximum atomic E-state index is 11.3. The van der Waals surface area contributed by atoms with E-state index in [9.17, 15) is 8.42 Å². The van der Waals surface area contributed by atoms with Gasteiger partial charge in [-0.15, -0.1) is 0 Å². The third kappa shape index (κ3) is 2.88. The highest BCUT2D eigenvalue weighted by atomic mass is 32.2. The second-order valence-electron chi connectivity index (χ2n) is 5.22. The van der Waals surface area contributed by atoms with E-state index in [1.807, 2.05) is 24.3 Å². The molecule has 4 rings (SSSR count). The van der Waals surface area contributed by atoms with Gasteiger partial charge in [-0.1, -0.05) is 23.9 Å². The number of hydrogen-bond donors (Lipinski definition) is 3. The average Bonchev–Trinajstić information content (AvgIpc) is 2.93. The lowest BCUT2D eigenvalue weighted by Crippen LogP contribution is -2.21. The number of hydrogen-bond acceptors (Lipinski definition) is 7. The van der Waals surface area contributed by atoms with Crippen LogP contribution in [-0.2, 0) is 10.0 Å². The average molecular weight is 359 g/mol. The molecule has 1 aliphatic heterocycles. The van der Waals surface area contributed by atoms with E-state index in [0.29, 0.717) is 0 Å². The lowest BCUT2D eigenvalue weighted by Gasteiger charge is -2.13. The number of nitrogens with zero attached hydrogens (tertiary/aromatic N) is 2. The van der Waals surface area contributed by atoms with Crippen LogP contribution in [0.1, 0.15) is 0 Å². The van der Waals surface area contributed by atoms with Crippen LogP contribution in [-0.4, -0.2) is 23.9 Å². The number of rotatable bonds is 3. The van der Waals surface area contributed by atoms with Crippen molar-refractivity contribution in [3.05, 3.63) is 48.5 Å². The van der Waals surface area contributed by atoms with Crippen molar-refractivity contribution >= 4 is 44.3 Å². The van der Waals surface area contributed by atoms with Crippen LogP contribution in [0.2, 0.25) is 0 Å². The number of para-hydroxylation sites is 2. The summed E-state index contributed by atoms with van der Waals surface area (Å²) < 4.78 is 22.6. The quantitative estimate of drug-likeness (QED) is 0.657. The number of primary sulfonamides is 1. The molecule has 2 heterocycles. The molecule has 4 N–H and O–H groups in total. The molecular weight excluding hydrogens is 346 g/mol. The molecule has 0 bridgehead atoms. The molecule has 0 saturated heterocycles. The molecule has 9 heteroatoms. The van der Waals surface area contributed by atoms with Gasteiger partial charge in [0.2, 0.25) is 10.0 Å². The fourth-order valence-corrected chi connectivity index (χ4v) is 3.85. The maximum Gasteiger partial charge on any atom is 0.238 e. The zero-order valence-electron chi connectivity index (χ0n) is 12.3. The van der Waals surface area contributed by atoms with Crippen molar-refractivity contribution in [2.45, 2.75) is 15.4 Å². The second-order valence-corrected chi connectivity index (χ2v) is 7.88. The minimum absolute atomic E-state index is 0.0814. The molecule has 0 radical (unpaired) electrons. The number of nitrogens with two attached hydrogens (primary N) is 1. The number of fused-ring (bicyclic) bond motifs is 2. The van der Waals surface area contributed by atoms with Crippen LogP contribution in [0, 0.1) is 0 Å². The van der Waals surface area contributed by atoms with E-state index < -0.39 is 10.0 Å². The van der Waals surface area contributed by atoms with Gasteiger partial charge in [0, 0.05) is 5.69 Å². The molecule has 24 heavy (non-hydrogen) atoms. The molecule has 0 saturated carbocycles. The Morgan fingerprint density at radius 2 is 1.71 bits per heavy atom. The lowest BCUT2D eigenvalue weighted by molar-refractivity contribution is 0.598. The zero-order chi connectivity index (χ0) is 16.7. The van der Waals surface area contributed by atoms with Crippen LogP contribution < -0.4 is 15.8 Å². The van der Waals surface area contributed by atoms with Gasteiger partial charge in [-0.3, -0.25) is 0 Å². The molecule has 0 fully saturated rings. The predicted molar refractivity (Wildman–Crippen MR) is 94.2 cm³/mol. The summed E-state index contributed by atoms with van der Waals surface area (Å²) in [6.07, 6.45) is 0. The Kier molecular flexibility index (Phi) is 3.56. The zero-order valence-corrected chi connectivity index (χ0v) is 13.9. The van der Waals surface area contributed by atoms with Crippen molar-refractivity contribution in [3.63, 3.8) is 0 Å². The molecule has 3 aromatic rings. The molecule has 2 aromatic carbocycles. The van der Waals surface area contributed by atoms with Gasteiger partial charge in [-0.05, 0) is 36.4 Å². The van der Waals surface area contributed by atoms with Crippen molar-refractivity contribution in [1.29, 1.82) is 0 Å². The standard InChI is InChI=1S/C15H13N5O2S2/c16-24(21,22)10-7-5-9(6-8-10)17-15-20-13-14(23-15)19-12-4-2-1-3-11(12)18-13/h1-8,15,17H,(H,18,20)(H2,16,21,22). The van der Waals surface area contributed by atoms with Crippen LogP contribution in [0.3, 0.4) is 0 Å². The highest BCUT2D eigenvalue weighted by Gasteiger charge is 2.24. The Morgan fingerprint density at radius 1 is 1.04 bits per heavy atom. The first kappa shape index (κ1) is 15.2. The predicted octanol–water partition coefficient (Wildman–Crippen LogP) is 2.19. The molecule has 122 valence electrons. The van der Waals surface area contributed by atoms with E-state index in [0.717, 1.165) is 27.6 Å². The van der Waals surface area contributed by atoms with Gasteiger partial charge in [0.1, 0.15) is 5.03 Å². The number of nitrogens with one attached hydrogen (secondary N) is 2. The summed E-state index contributed by atoms with van der Waals surface area (Å²) in [4.78, 5) is 9.24. The van der Waals surface area contributed by atoms with Gasteiger partial charge in [0.25, 0.3) is 0 Å². The van der Waals surface area contributed by atoms with E-state index >= 15 is 0 Å². The van der Waals surface area contributed by atoms with Crippen molar-refractivity contribution in [2.24, 2.45) is 5.14 Å². The second kappa shape index (κ2) is 5.62. The van der Waals surface area contributed by atoms with Crippen LogP contribution in [0.4, 0.5) is 11.5 Å². The lowest BCUT2D eigenvalue weighted by atomic mass is 10.3. The highest BCUT2D eigenvalue weighted by Crippen LogP contribution is 2.36. The molecule has 0 spiro atoms. The van der Waals surface area contributed by atoms with E-state index in [-0.39, 0.29) is 10.4 Å². The number of anilines is 2. The number of aromatic nitrogens is 2. The fourth-order valence-electron chi connectivity index (χ4n) is 2.38. The van der Waals surface area contributed by atoms with E-state index in [1.165, 1.54) is 23.9 Å². The van der Waals surface area contributed by atoms with Crippen LogP contribution in [0.5, 0.6) is 0 Å². The van der Waals surface area contributed by atoms with Gasteiger partial charge in [-0.25, -0.2) is 23.5 Å². The Hall–Kier alpha value is -2.36. The maximum absolute atomic E-state index is 11.3. The topological polar surface area (TPSA) is 110 Å². The number of sulfonamides is 1. The van der Waals surface area contributed by atoms with E-state index in [1.54, 1.807) is 12.1 Å². The Bertz CT molecular complexity index is 977. The monoisotopic (exact) mass is 359 g/mol. The van der Waals surface area contributed by atoms with Gasteiger partial charge in [-0.2, -0.15) is 0 Å². The van der Waals surface area contributed by atoms with Crippen LogP contribution >= 0.6 is 11.8 Å². The van der Waals surface area contributed by atoms with Gasteiger partial charge in [0.15, 0.2) is 11.3 Å². The van der Waals surface area contributed by atoms with E-state index in [2.05, 4.69) is 20.6 Å². The first-order valence-electron chi connectivity index (χ1n) is 7.08. The van der Waals surface area contributed by atoms with Crippen LogP contribution in [0.25, 0.3) is 11.0 Å². The molecule has 1 unspecified atom stereocenters. The summed E-state index contributed by atoms with van der Waals surface area (Å²) >= 11 is 1.52. The van der Waals surface area contributed by atoms with E-state index in [4.69, 9.17) is 5.14 Å². The third-order valence-electron chi connectivity index (χ3n) is 3.52. The summed E-state index contributed by atoms with van der Waals surface area (Å²) in [5, 5.41) is 12.4. The molecule has 1 aromatic heterocycles. The summed E-state index contributed by atoms with van der Waals surface area (Å²) in [6, 6.07) is 14.0.